The number of nitrogens with two attached hydrogens (primary N) is 2. The van der Waals surface area contributed by atoms with Gasteiger partial charge < -0.3 is 11.1 Å². The Balaban J connectivity index is 2.33. The normalized spacial score (nSPS) is 11.4. The molecular weight excluding hydrogens is 258 g/mol. The van der Waals surface area contributed by atoms with Gasteiger partial charge >= 0.3 is 0 Å². The number of nitrogen functional groups attached to an aromatic ring is 1. The SMILES string of the molecule is Nc1cc(S(N)(=O)=O)ccc1Nc1ccsc1. The lowest BCUT2D eigenvalue weighted by Gasteiger charge is -2.08. The number of benzene rings is 1. The van der Waals surface area contributed by atoms with Gasteiger partial charge in [-0.2, -0.15) is 11.3 Å². The van der Waals surface area contributed by atoms with Gasteiger partial charge in [0.15, 0.2) is 0 Å². The molecular formula is C10H11N3O2S2. The molecule has 0 spiro atoms. The smallest absolute Gasteiger partial charge is 0.238 e. The van der Waals surface area contributed by atoms with Gasteiger partial charge in [-0.15, -0.1) is 0 Å². The van der Waals surface area contributed by atoms with Crippen molar-refractivity contribution in [1.82, 2.24) is 0 Å². The minimum atomic E-state index is -3.71. The summed E-state index contributed by atoms with van der Waals surface area (Å²) in [5.41, 5.74) is 7.65. The predicted octanol–water partition coefficient (Wildman–Crippen LogP) is 1.72. The van der Waals surface area contributed by atoms with E-state index in [9.17, 15) is 8.42 Å². The standard InChI is InChI=1S/C10H11N3O2S2/c11-9-5-8(17(12,14)15)1-2-10(9)13-7-3-4-16-6-7/h1-6,13H,11H2,(H2,12,14,15). The fourth-order valence-corrected chi connectivity index (χ4v) is 2.46. The summed E-state index contributed by atoms with van der Waals surface area (Å²) in [6.07, 6.45) is 0. The van der Waals surface area contributed by atoms with Crippen LogP contribution >= 0.6 is 11.3 Å². The first-order chi connectivity index (χ1) is 7.97. The number of sulfonamides is 1. The van der Waals surface area contributed by atoms with E-state index in [-0.39, 0.29) is 4.90 Å². The highest BCUT2D eigenvalue weighted by Gasteiger charge is 2.10. The number of hydrogen-bond acceptors (Lipinski definition) is 5. The molecule has 0 aliphatic carbocycles. The highest BCUT2D eigenvalue weighted by molar-refractivity contribution is 7.89. The van der Waals surface area contributed by atoms with Crippen molar-refractivity contribution in [2.24, 2.45) is 5.14 Å². The molecule has 0 fully saturated rings. The summed E-state index contributed by atoms with van der Waals surface area (Å²) < 4.78 is 22.2. The fraction of sp³-hybridized carbons (Fsp3) is 0. The molecule has 5 N–H and O–H groups in total. The molecule has 1 heterocycles. The summed E-state index contributed by atoms with van der Waals surface area (Å²) in [4.78, 5) is 0.00543. The third kappa shape index (κ3) is 2.76. The summed E-state index contributed by atoms with van der Waals surface area (Å²) >= 11 is 1.55. The van der Waals surface area contributed by atoms with Crippen molar-refractivity contribution >= 4 is 38.4 Å². The van der Waals surface area contributed by atoms with E-state index in [0.29, 0.717) is 11.4 Å². The van der Waals surface area contributed by atoms with Crippen molar-refractivity contribution in [3.8, 4) is 0 Å². The zero-order valence-corrected chi connectivity index (χ0v) is 10.4. The van der Waals surface area contributed by atoms with Crippen LogP contribution in [0.5, 0.6) is 0 Å². The zero-order chi connectivity index (χ0) is 12.5. The Kier molecular flexibility index (Phi) is 3.05. The first-order valence-corrected chi connectivity index (χ1v) is 7.17. The summed E-state index contributed by atoms with van der Waals surface area (Å²) in [6.45, 7) is 0. The number of rotatable bonds is 3. The van der Waals surface area contributed by atoms with Crippen molar-refractivity contribution in [2.45, 2.75) is 4.90 Å². The molecule has 0 saturated heterocycles. The van der Waals surface area contributed by atoms with E-state index in [2.05, 4.69) is 5.32 Å². The lowest BCUT2D eigenvalue weighted by Crippen LogP contribution is -2.12. The van der Waals surface area contributed by atoms with E-state index in [0.717, 1.165) is 5.69 Å². The molecule has 0 aliphatic heterocycles. The maximum atomic E-state index is 11.1. The number of primary sulfonamides is 1. The van der Waals surface area contributed by atoms with Crippen LogP contribution in [0.4, 0.5) is 17.1 Å². The van der Waals surface area contributed by atoms with Crippen LogP contribution in [0.3, 0.4) is 0 Å². The van der Waals surface area contributed by atoms with E-state index >= 15 is 0 Å². The fourth-order valence-electron chi connectivity index (χ4n) is 1.32. The monoisotopic (exact) mass is 269 g/mol. The molecule has 1 aromatic carbocycles. The van der Waals surface area contributed by atoms with Crippen molar-refractivity contribution in [3.05, 3.63) is 35.0 Å². The first kappa shape index (κ1) is 11.9. The van der Waals surface area contributed by atoms with Gasteiger partial charge in [-0.25, -0.2) is 13.6 Å². The van der Waals surface area contributed by atoms with Crippen molar-refractivity contribution < 1.29 is 8.42 Å². The van der Waals surface area contributed by atoms with E-state index in [1.807, 2.05) is 16.8 Å². The Morgan fingerprint density at radius 1 is 1.24 bits per heavy atom. The lowest BCUT2D eigenvalue weighted by atomic mass is 10.2. The van der Waals surface area contributed by atoms with Crippen LogP contribution in [-0.2, 0) is 10.0 Å². The van der Waals surface area contributed by atoms with Crippen molar-refractivity contribution in [1.29, 1.82) is 0 Å². The molecule has 0 atom stereocenters. The quantitative estimate of drug-likeness (QED) is 0.739. The zero-order valence-electron chi connectivity index (χ0n) is 8.75. The molecule has 1 aromatic heterocycles. The second-order valence-electron chi connectivity index (χ2n) is 3.43. The molecule has 0 saturated carbocycles. The van der Waals surface area contributed by atoms with Gasteiger partial charge in [0.1, 0.15) is 0 Å². The summed E-state index contributed by atoms with van der Waals surface area (Å²) in [6, 6.07) is 6.24. The third-order valence-electron chi connectivity index (χ3n) is 2.15. The average Bonchev–Trinajstić information content (AvgIpc) is 2.72. The predicted molar refractivity (Wildman–Crippen MR) is 69.8 cm³/mol. The largest absolute Gasteiger partial charge is 0.397 e. The van der Waals surface area contributed by atoms with Crippen LogP contribution in [0, 0.1) is 0 Å². The van der Waals surface area contributed by atoms with Crippen LogP contribution in [0.2, 0.25) is 0 Å². The molecule has 0 radical (unpaired) electrons. The van der Waals surface area contributed by atoms with Gasteiger partial charge in [0.05, 0.1) is 16.3 Å². The second kappa shape index (κ2) is 4.36. The van der Waals surface area contributed by atoms with E-state index in [4.69, 9.17) is 10.9 Å². The summed E-state index contributed by atoms with van der Waals surface area (Å²) in [5.74, 6) is 0. The Hall–Kier alpha value is -1.57. The molecule has 90 valence electrons. The number of hydrogen-bond donors (Lipinski definition) is 3. The number of thiophene rings is 1. The van der Waals surface area contributed by atoms with E-state index in [1.54, 1.807) is 17.4 Å². The highest BCUT2D eigenvalue weighted by Crippen LogP contribution is 2.26. The van der Waals surface area contributed by atoms with Gasteiger partial charge in [-0.3, -0.25) is 0 Å². The Morgan fingerprint density at radius 2 is 2.00 bits per heavy atom. The Morgan fingerprint density at radius 3 is 2.53 bits per heavy atom. The molecule has 0 amide bonds. The van der Waals surface area contributed by atoms with Gasteiger partial charge in [0.25, 0.3) is 0 Å². The molecule has 0 aliphatic rings. The minimum absolute atomic E-state index is 0.00543. The third-order valence-corrected chi connectivity index (χ3v) is 3.75. The maximum absolute atomic E-state index is 11.1. The van der Waals surface area contributed by atoms with E-state index < -0.39 is 10.0 Å². The van der Waals surface area contributed by atoms with Crippen molar-refractivity contribution in [2.75, 3.05) is 11.1 Å². The van der Waals surface area contributed by atoms with E-state index in [1.165, 1.54) is 12.1 Å². The molecule has 0 unspecified atom stereocenters. The molecule has 5 nitrogen and oxygen atoms in total. The molecule has 0 bridgehead atoms. The average molecular weight is 269 g/mol. The van der Waals surface area contributed by atoms with Crippen LogP contribution in [0.25, 0.3) is 0 Å². The van der Waals surface area contributed by atoms with Crippen LogP contribution < -0.4 is 16.2 Å². The first-order valence-electron chi connectivity index (χ1n) is 4.68. The van der Waals surface area contributed by atoms with Crippen LogP contribution in [0.1, 0.15) is 0 Å². The minimum Gasteiger partial charge on any atom is -0.397 e. The van der Waals surface area contributed by atoms with Gasteiger partial charge in [0.2, 0.25) is 10.0 Å². The second-order valence-corrected chi connectivity index (χ2v) is 5.77. The van der Waals surface area contributed by atoms with Gasteiger partial charge in [-0.1, -0.05) is 0 Å². The Labute approximate surface area is 103 Å². The van der Waals surface area contributed by atoms with Gasteiger partial charge in [0, 0.05) is 11.1 Å². The summed E-state index contributed by atoms with van der Waals surface area (Å²) in [5, 5.41) is 11.9. The molecule has 2 aromatic rings. The number of nitrogens with one attached hydrogen (secondary N) is 1. The lowest BCUT2D eigenvalue weighted by molar-refractivity contribution is 0.598. The highest BCUT2D eigenvalue weighted by atomic mass is 32.2. The number of anilines is 3. The maximum Gasteiger partial charge on any atom is 0.238 e. The van der Waals surface area contributed by atoms with Gasteiger partial charge in [-0.05, 0) is 29.6 Å². The van der Waals surface area contributed by atoms with Crippen LogP contribution in [0.15, 0.2) is 39.9 Å². The molecule has 7 heteroatoms. The Bertz CT molecular complexity index is 621. The summed E-state index contributed by atoms with van der Waals surface area (Å²) in [7, 11) is -3.71. The van der Waals surface area contributed by atoms with Crippen molar-refractivity contribution in [3.63, 3.8) is 0 Å². The van der Waals surface area contributed by atoms with Crippen LogP contribution in [-0.4, -0.2) is 8.42 Å². The molecule has 17 heavy (non-hydrogen) atoms. The molecule has 2 rings (SSSR count). The topological polar surface area (TPSA) is 98.2 Å².